The van der Waals surface area contributed by atoms with Gasteiger partial charge >= 0.3 is 6.09 Å². The maximum absolute atomic E-state index is 11.6. The van der Waals surface area contributed by atoms with E-state index in [1.54, 1.807) is 0 Å². The van der Waals surface area contributed by atoms with Gasteiger partial charge in [0.2, 0.25) is 0 Å². The summed E-state index contributed by atoms with van der Waals surface area (Å²) in [6, 6.07) is 0.615. The Balaban J connectivity index is 1.75. The maximum Gasteiger partial charge on any atom is 0.409 e. The van der Waals surface area contributed by atoms with E-state index >= 15 is 0 Å². The van der Waals surface area contributed by atoms with Crippen molar-refractivity contribution in [3.8, 4) is 0 Å². The minimum Gasteiger partial charge on any atom is -0.450 e. The molecule has 0 aromatic carbocycles. The second-order valence-electron chi connectivity index (χ2n) is 4.57. The highest BCUT2D eigenvalue weighted by atomic mass is 16.6. The van der Waals surface area contributed by atoms with Gasteiger partial charge in [0.15, 0.2) is 0 Å². The predicted molar refractivity (Wildman–Crippen MR) is 64.0 cm³/mol. The molecule has 98 valence electrons. The summed E-state index contributed by atoms with van der Waals surface area (Å²) in [4.78, 5) is 15.9. The standard InChI is InChI=1S/C12H22N2O3/c1-2-17-12(15)14-5-3-11(4-6-14)13-7-9-16-10-8-13/h11H,2-10H2,1H3. The molecule has 1 amide bonds. The molecule has 2 aliphatic rings. The van der Waals surface area contributed by atoms with Gasteiger partial charge in [0.1, 0.15) is 0 Å². The molecule has 2 fully saturated rings. The molecule has 0 saturated carbocycles. The van der Waals surface area contributed by atoms with Gasteiger partial charge in [-0.3, -0.25) is 4.90 Å². The van der Waals surface area contributed by atoms with Crippen LogP contribution in [0, 0.1) is 0 Å². The summed E-state index contributed by atoms with van der Waals surface area (Å²) in [5.74, 6) is 0. The molecule has 2 aliphatic heterocycles. The SMILES string of the molecule is CCOC(=O)N1CCC(N2CCOCC2)CC1. The maximum atomic E-state index is 11.6. The number of rotatable bonds is 2. The van der Waals surface area contributed by atoms with Crippen molar-refractivity contribution < 1.29 is 14.3 Å². The summed E-state index contributed by atoms with van der Waals surface area (Å²) in [6.45, 7) is 7.70. The third-order valence-electron chi connectivity index (χ3n) is 3.55. The smallest absolute Gasteiger partial charge is 0.409 e. The molecule has 0 radical (unpaired) electrons. The molecule has 2 rings (SSSR count). The van der Waals surface area contributed by atoms with Crippen molar-refractivity contribution >= 4 is 6.09 Å². The minimum atomic E-state index is -0.159. The lowest BCUT2D eigenvalue weighted by molar-refractivity contribution is 0.000499. The van der Waals surface area contributed by atoms with Crippen LogP contribution in [0.4, 0.5) is 4.79 Å². The van der Waals surface area contributed by atoms with Crippen molar-refractivity contribution in [1.82, 2.24) is 9.80 Å². The van der Waals surface area contributed by atoms with Gasteiger partial charge in [-0.05, 0) is 19.8 Å². The number of nitrogens with zero attached hydrogens (tertiary/aromatic N) is 2. The molecule has 0 atom stereocenters. The van der Waals surface area contributed by atoms with Crippen molar-refractivity contribution in [1.29, 1.82) is 0 Å². The summed E-state index contributed by atoms with van der Waals surface area (Å²) in [5, 5.41) is 0. The third kappa shape index (κ3) is 3.33. The van der Waals surface area contributed by atoms with E-state index in [-0.39, 0.29) is 6.09 Å². The fraction of sp³-hybridized carbons (Fsp3) is 0.917. The molecule has 2 heterocycles. The van der Waals surface area contributed by atoms with Gasteiger partial charge in [-0.15, -0.1) is 0 Å². The molecule has 0 N–H and O–H groups in total. The second-order valence-corrected chi connectivity index (χ2v) is 4.57. The van der Waals surface area contributed by atoms with Crippen LogP contribution in [-0.2, 0) is 9.47 Å². The molecule has 0 aromatic heterocycles. The number of amides is 1. The van der Waals surface area contributed by atoms with Gasteiger partial charge in [0.25, 0.3) is 0 Å². The van der Waals surface area contributed by atoms with E-state index < -0.39 is 0 Å². The highest BCUT2D eigenvalue weighted by molar-refractivity contribution is 5.67. The largest absolute Gasteiger partial charge is 0.450 e. The molecule has 5 heteroatoms. The van der Waals surface area contributed by atoms with Gasteiger partial charge in [-0.25, -0.2) is 4.79 Å². The Morgan fingerprint density at radius 3 is 2.47 bits per heavy atom. The van der Waals surface area contributed by atoms with Crippen LogP contribution >= 0.6 is 0 Å². The molecule has 5 nitrogen and oxygen atoms in total. The predicted octanol–water partition coefficient (Wildman–Crippen LogP) is 0.939. The summed E-state index contributed by atoms with van der Waals surface area (Å²) in [6.07, 6.45) is 1.95. The molecule has 0 aliphatic carbocycles. The number of morpholine rings is 1. The number of hydrogen-bond acceptors (Lipinski definition) is 4. The minimum absolute atomic E-state index is 0.159. The summed E-state index contributed by atoms with van der Waals surface area (Å²) >= 11 is 0. The Hall–Kier alpha value is -0.810. The van der Waals surface area contributed by atoms with Crippen molar-refractivity contribution in [3.05, 3.63) is 0 Å². The Morgan fingerprint density at radius 1 is 1.24 bits per heavy atom. The van der Waals surface area contributed by atoms with Crippen molar-refractivity contribution in [2.24, 2.45) is 0 Å². The average Bonchev–Trinajstić information content (AvgIpc) is 2.40. The Morgan fingerprint density at radius 2 is 1.88 bits per heavy atom. The molecular weight excluding hydrogens is 220 g/mol. The molecule has 0 aromatic rings. The average molecular weight is 242 g/mol. The van der Waals surface area contributed by atoms with Crippen molar-refractivity contribution in [3.63, 3.8) is 0 Å². The zero-order chi connectivity index (χ0) is 12.1. The van der Waals surface area contributed by atoms with E-state index in [2.05, 4.69) is 4.90 Å². The number of carbonyl (C=O) groups excluding carboxylic acids is 1. The highest BCUT2D eigenvalue weighted by Crippen LogP contribution is 2.18. The van der Waals surface area contributed by atoms with Crippen LogP contribution in [0.15, 0.2) is 0 Å². The fourth-order valence-corrected chi connectivity index (χ4v) is 2.57. The van der Waals surface area contributed by atoms with Crippen LogP contribution < -0.4 is 0 Å². The molecular formula is C12H22N2O3. The van der Waals surface area contributed by atoms with Crippen molar-refractivity contribution in [2.75, 3.05) is 46.0 Å². The van der Waals surface area contributed by atoms with E-state index in [0.29, 0.717) is 12.6 Å². The number of likely N-dealkylation sites (tertiary alicyclic amines) is 1. The lowest BCUT2D eigenvalue weighted by Gasteiger charge is -2.39. The quantitative estimate of drug-likeness (QED) is 0.722. The van der Waals surface area contributed by atoms with Crippen LogP contribution in [0.1, 0.15) is 19.8 Å². The van der Waals surface area contributed by atoms with E-state index in [0.717, 1.165) is 52.2 Å². The van der Waals surface area contributed by atoms with Gasteiger partial charge in [-0.1, -0.05) is 0 Å². The lowest BCUT2D eigenvalue weighted by atomic mass is 10.0. The topological polar surface area (TPSA) is 42.0 Å². The Labute approximate surface area is 103 Å². The summed E-state index contributed by atoms with van der Waals surface area (Å²) in [5.41, 5.74) is 0. The van der Waals surface area contributed by atoms with Gasteiger partial charge in [0.05, 0.1) is 19.8 Å². The van der Waals surface area contributed by atoms with Crippen LogP contribution in [0.2, 0.25) is 0 Å². The molecule has 17 heavy (non-hydrogen) atoms. The first-order chi connectivity index (χ1) is 8.31. The van der Waals surface area contributed by atoms with E-state index in [9.17, 15) is 4.79 Å². The first-order valence-electron chi connectivity index (χ1n) is 6.54. The number of ether oxygens (including phenoxy) is 2. The molecule has 0 bridgehead atoms. The van der Waals surface area contributed by atoms with Gasteiger partial charge in [0, 0.05) is 32.2 Å². The normalized spacial score (nSPS) is 23.7. The number of hydrogen-bond donors (Lipinski definition) is 0. The second kappa shape index (κ2) is 6.21. The zero-order valence-electron chi connectivity index (χ0n) is 10.6. The number of carbonyl (C=O) groups is 1. The van der Waals surface area contributed by atoms with Crippen molar-refractivity contribution in [2.45, 2.75) is 25.8 Å². The Bertz CT molecular complexity index is 246. The van der Waals surface area contributed by atoms with Crippen LogP contribution in [0.3, 0.4) is 0 Å². The van der Waals surface area contributed by atoms with E-state index in [4.69, 9.17) is 9.47 Å². The van der Waals surface area contributed by atoms with E-state index in [1.807, 2.05) is 11.8 Å². The van der Waals surface area contributed by atoms with E-state index in [1.165, 1.54) is 0 Å². The van der Waals surface area contributed by atoms with Crippen LogP contribution in [0.25, 0.3) is 0 Å². The summed E-state index contributed by atoms with van der Waals surface area (Å²) in [7, 11) is 0. The molecule has 0 unspecified atom stereocenters. The van der Waals surface area contributed by atoms with Gasteiger partial charge < -0.3 is 14.4 Å². The summed E-state index contributed by atoms with van der Waals surface area (Å²) < 4.78 is 10.4. The number of piperidine rings is 1. The Kier molecular flexibility index (Phi) is 4.62. The monoisotopic (exact) mass is 242 g/mol. The van der Waals surface area contributed by atoms with Crippen LogP contribution in [0.5, 0.6) is 0 Å². The fourth-order valence-electron chi connectivity index (χ4n) is 2.57. The third-order valence-corrected chi connectivity index (χ3v) is 3.55. The lowest BCUT2D eigenvalue weighted by Crippen LogP contribution is -2.50. The highest BCUT2D eigenvalue weighted by Gasteiger charge is 2.28. The molecule has 2 saturated heterocycles. The first-order valence-corrected chi connectivity index (χ1v) is 6.54. The van der Waals surface area contributed by atoms with Gasteiger partial charge in [-0.2, -0.15) is 0 Å². The zero-order valence-corrected chi connectivity index (χ0v) is 10.6. The molecule has 0 spiro atoms. The first kappa shape index (κ1) is 12.6. The van der Waals surface area contributed by atoms with Crippen LogP contribution in [-0.4, -0.2) is 67.9 Å².